The fourth-order valence-corrected chi connectivity index (χ4v) is 4.10. The summed E-state index contributed by atoms with van der Waals surface area (Å²) in [5.41, 5.74) is 2.34. The summed E-state index contributed by atoms with van der Waals surface area (Å²) < 4.78 is 5.40. The first-order valence-electron chi connectivity index (χ1n) is 11.2. The fraction of sp³-hybridized carbons (Fsp3) is 0.500. The van der Waals surface area contributed by atoms with Crippen LogP contribution in [0.5, 0.6) is 0 Å². The van der Waals surface area contributed by atoms with Crippen LogP contribution in [0.4, 0.5) is 5.69 Å². The Kier molecular flexibility index (Phi) is 9.73. The molecule has 0 aromatic heterocycles. The molecule has 33 heavy (non-hydrogen) atoms. The molecule has 1 aromatic rings. The van der Waals surface area contributed by atoms with E-state index >= 15 is 0 Å². The molecule has 0 bridgehead atoms. The maximum atomic E-state index is 13.3. The second kappa shape index (κ2) is 12.5. The topological polar surface area (TPSA) is 126 Å². The van der Waals surface area contributed by atoms with E-state index in [-0.39, 0.29) is 18.7 Å². The van der Waals surface area contributed by atoms with Gasteiger partial charge < -0.3 is 9.64 Å². The molecular formula is C24H30N4O5. The van der Waals surface area contributed by atoms with E-state index in [1.54, 1.807) is 17.0 Å². The average Bonchev–Trinajstić information content (AvgIpc) is 2.81. The van der Waals surface area contributed by atoms with Gasteiger partial charge in [0.25, 0.3) is 5.69 Å². The van der Waals surface area contributed by atoms with Crippen molar-refractivity contribution in [3.63, 3.8) is 0 Å². The minimum atomic E-state index is -0.592. The average molecular weight is 455 g/mol. The summed E-state index contributed by atoms with van der Waals surface area (Å²) in [5.74, 6) is -1.17. The van der Waals surface area contributed by atoms with E-state index in [1.807, 2.05) is 26.8 Å². The van der Waals surface area contributed by atoms with Gasteiger partial charge in [-0.05, 0) is 25.3 Å². The number of carbonyl (C=O) groups excluding carboxylic acids is 2. The molecular weight excluding hydrogens is 424 g/mol. The number of likely N-dealkylation sites (N-methyl/N-ethyl adjacent to an activating group) is 1. The summed E-state index contributed by atoms with van der Waals surface area (Å²) in [6.07, 6.45) is 3.54. The zero-order valence-corrected chi connectivity index (χ0v) is 19.3. The molecule has 1 heterocycles. The van der Waals surface area contributed by atoms with E-state index in [4.69, 9.17) is 15.0 Å². The Hall–Kier alpha value is -3.54. The van der Waals surface area contributed by atoms with Crippen LogP contribution in [0.25, 0.3) is 0 Å². The van der Waals surface area contributed by atoms with Crippen molar-refractivity contribution in [3.8, 4) is 6.07 Å². The van der Waals surface area contributed by atoms with Crippen molar-refractivity contribution in [1.82, 2.24) is 4.90 Å². The summed E-state index contributed by atoms with van der Waals surface area (Å²) in [5, 5.41) is 20.0. The molecule has 0 radical (unpaired) electrons. The highest BCUT2D eigenvalue weighted by molar-refractivity contribution is 6.00. The Morgan fingerprint density at radius 1 is 1.24 bits per heavy atom. The molecule has 0 N–H and O–H groups in total. The number of nitro groups is 1. The van der Waals surface area contributed by atoms with Crippen molar-refractivity contribution in [1.29, 1.82) is 5.26 Å². The highest BCUT2D eigenvalue weighted by Gasteiger charge is 2.42. The van der Waals surface area contributed by atoms with Crippen LogP contribution < -0.4 is 0 Å². The summed E-state index contributed by atoms with van der Waals surface area (Å²) in [4.78, 5) is 42.4. The highest BCUT2D eigenvalue weighted by Crippen LogP contribution is 2.40. The Morgan fingerprint density at radius 2 is 1.91 bits per heavy atom. The van der Waals surface area contributed by atoms with E-state index in [9.17, 15) is 19.7 Å². The summed E-state index contributed by atoms with van der Waals surface area (Å²) in [6.45, 7) is 6.21. The van der Waals surface area contributed by atoms with Crippen LogP contribution in [0.3, 0.4) is 0 Å². The third-order valence-corrected chi connectivity index (χ3v) is 5.54. The third-order valence-electron chi connectivity index (χ3n) is 5.54. The van der Waals surface area contributed by atoms with Gasteiger partial charge in [0.05, 0.1) is 34.7 Å². The maximum Gasteiger partial charge on any atom is 0.336 e. The molecule has 0 saturated heterocycles. The van der Waals surface area contributed by atoms with Gasteiger partial charge in [-0.25, -0.2) is 4.79 Å². The lowest BCUT2D eigenvalue weighted by molar-refractivity contribution is -0.384. The van der Waals surface area contributed by atoms with Crippen LogP contribution in [0.2, 0.25) is 0 Å². The lowest BCUT2D eigenvalue weighted by atomic mass is 9.77. The molecule has 2 atom stereocenters. The van der Waals surface area contributed by atoms with Crippen LogP contribution >= 0.6 is 0 Å². The number of esters is 1. The molecule has 2 unspecified atom stereocenters. The molecule has 9 heteroatoms. The van der Waals surface area contributed by atoms with Gasteiger partial charge in [0.15, 0.2) is 0 Å². The van der Waals surface area contributed by atoms with Gasteiger partial charge in [0.1, 0.15) is 6.61 Å². The van der Waals surface area contributed by atoms with Gasteiger partial charge in [-0.2, -0.15) is 5.26 Å². The Morgan fingerprint density at radius 3 is 2.42 bits per heavy atom. The predicted octanol–water partition coefficient (Wildman–Crippen LogP) is 4.29. The molecule has 0 fully saturated rings. The van der Waals surface area contributed by atoms with E-state index in [0.29, 0.717) is 36.2 Å². The van der Waals surface area contributed by atoms with Crippen LogP contribution in [-0.4, -0.2) is 47.1 Å². The quantitative estimate of drug-likeness (QED) is 0.152. The number of nitrogens with zero attached hydrogens (tertiary/aromatic N) is 4. The van der Waals surface area contributed by atoms with Crippen molar-refractivity contribution in [2.75, 3.05) is 13.2 Å². The lowest BCUT2D eigenvalue weighted by Gasteiger charge is -2.39. The summed E-state index contributed by atoms with van der Waals surface area (Å²) in [6, 6.07) is 7.46. The van der Waals surface area contributed by atoms with Gasteiger partial charge in [-0.15, -0.1) is 0 Å². The smallest absolute Gasteiger partial charge is 0.336 e. The number of hydrogen-bond acceptors (Lipinski definition) is 7. The van der Waals surface area contributed by atoms with Gasteiger partial charge in [0.2, 0.25) is 6.41 Å². The number of benzene rings is 1. The standard InChI is InChI=1S/C24H30N4O5/c1-4-8-19-22(24(30)33-15-7-14-25)21(17-10-12-18(13-11-17)28(31)32)23(27(6-3)16-29)20(26-19)9-5-2/h10-13,16,21,23H,4-9,15H2,1-3H3. The SMILES string of the molecule is CCCC1=NC(CCC)=C(C(=O)OCCC#N)C(c2ccc([N+](=O)[O-])cc2)C1N(C=O)CC. The number of nitriles is 1. The number of ether oxygens (including phenoxy) is 1. The molecule has 0 spiro atoms. The first kappa shape index (κ1) is 25.7. The van der Waals surface area contributed by atoms with Crippen molar-refractivity contribution < 1.29 is 19.2 Å². The summed E-state index contributed by atoms with van der Waals surface area (Å²) in [7, 11) is 0. The number of non-ortho nitro benzene ring substituents is 1. The van der Waals surface area contributed by atoms with Gasteiger partial charge >= 0.3 is 5.97 Å². The Bertz CT molecular complexity index is 962. The zero-order chi connectivity index (χ0) is 24.4. The number of aliphatic imine (C=N–C) groups is 1. The van der Waals surface area contributed by atoms with Gasteiger partial charge in [0, 0.05) is 30.3 Å². The van der Waals surface area contributed by atoms with Crippen LogP contribution in [0.1, 0.15) is 64.4 Å². The third kappa shape index (κ3) is 6.04. The first-order valence-corrected chi connectivity index (χ1v) is 11.2. The monoisotopic (exact) mass is 454 g/mol. The molecule has 1 aliphatic rings. The van der Waals surface area contributed by atoms with Crippen LogP contribution in [0.15, 0.2) is 40.5 Å². The molecule has 1 aromatic carbocycles. The fourth-order valence-electron chi connectivity index (χ4n) is 4.10. The van der Waals surface area contributed by atoms with E-state index in [2.05, 4.69) is 0 Å². The largest absolute Gasteiger partial charge is 0.461 e. The van der Waals surface area contributed by atoms with Gasteiger partial charge in [-0.1, -0.05) is 38.8 Å². The lowest BCUT2D eigenvalue weighted by Crippen LogP contribution is -2.48. The molecule has 0 aliphatic carbocycles. The second-order valence-corrected chi connectivity index (χ2v) is 7.71. The number of nitro benzene ring substituents is 1. The van der Waals surface area contributed by atoms with Crippen LogP contribution in [0, 0.1) is 21.4 Å². The Balaban J connectivity index is 2.74. The number of rotatable bonds is 12. The number of allylic oxidation sites excluding steroid dienone is 1. The number of carbonyl (C=O) groups is 2. The minimum Gasteiger partial charge on any atom is -0.461 e. The molecule has 0 saturated carbocycles. The molecule has 1 aliphatic heterocycles. The normalized spacial score (nSPS) is 17.7. The van der Waals surface area contributed by atoms with Crippen molar-refractivity contribution in [2.24, 2.45) is 4.99 Å². The van der Waals surface area contributed by atoms with E-state index < -0.39 is 22.9 Å². The second-order valence-electron chi connectivity index (χ2n) is 7.71. The van der Waals surface area contributed by atoms with Gasteiger partial charge in [-0.3, -0.25) is 19.9 Å². The molecule has 2 rings (SSSR count). The number of amides is 1. The van der Waals surface area contributed by atoms with Crippen molar-refractivity contribution in [3.05, 3.63) is 51.2 Å². The molecule has 1 amide bonds. The van der Waals surface area contributed by atoms with E-state index in [1.165, 1.54) is 12.1 Å². The first-order chi connectivity index (χ1) is 15.9. The van der Waals surface area contributed by atoms with E-state index in [0.717, 1.165) is 25.0 Å². The molecule has 9 nitrogen and oxygen atoms in total. The van der Waals surface area contributed by atoms with Crippen molar-refractivity contribution >= 4 is 23.8 Å². The minimum absolute atomic E-state index is 0.0490. The predicted molar refractivity (Wildman–Crippen MR) is 124 cm³/mol. The highest BCUT2D eigenvalue weighted by atomic mass is 16.6. The maximum absolute atomic E-state index is 13.3. The van der Waals surface area contributed by atoms with Crippen LogP contribution in [-0.2, 0) is 14.3 Å². The zero-order valence-electron chi connectivity index (χ0n) is 19.3. The van der Waals surface area contributed by atoms with Crippen molar-refractivity contribution in [2.45, 2.75) is 64.8 Å². The Labute approximate surface area is 193 Å². The summed E-state index contributed by atoms with van der Waals surface area (Å²) >= 11 is 0. The molecule has 176 valence electrons. The number of hydrogen-bond donors (Lipinski definition) is 0.